The Morgan fingerprint density at radius 1 is 0.875 bits per heavy atom. The molecule has 2 aromatic carbocycles. The average molecular weight is 1030 g/mol. The fraction of sp³-hybridized carbons (Fsp3) is 0. The van der Waals surface area contributed by atoms with E-state index in [1.807, 2.05) is 67.8 Å². The molecule has 32 heavy (non-hydrogen) atoms. The summed E-state index contributed by atoms with van der Waals surface area (Å²) in [5.74, 6) is -0.799. The summed E-state index contributed by atoms with van der Waals surface area (Å²) in [7, 11) is 0. The predicted octanol–water partition coefficient (Wildman–Crippen LogP) is 8.83. The fourth-order valence-corrected chi connectivity index (χ4v) is 8.02. The SMILES string of the molecule is O=C(O)c1c(Br)c(Br)c(Br)c(Br)c1-c1c2cc(I)c(=O)cc-2oc2c(I)c(O)c(I)cc12. The van der Waals surface area contributed by atoms with Crippen molar-refractivity contribution in [1.82, 2.24) is 0 Å². The van der Waals surface area contributed by atoms with E-state index in [-0.39, 0.29) is 22.5 Å². The number of rotatable bonds is 2. The number of aromatic carboxylic acids is 1. The molecule has 1 aliphatic heterocycles. The van der Waals surface area contributed by atoms with Gasteiger partial charge in [-0.05, 0) is 144 Å². The van der Waals surface area contributed by atoms with Crippen LogP contribution in [0.2, 0.25) is 0 Å². The number of aromatic hydroxyl groups is 1. The number of halogens is 7. The van der Waals surface area contributed by atoms with Crippen LogP contribution in [0, 0.1) is 10.7 Å². The highest BCUT2D eigenvalue weighted by atomic mass is 127. The molecule has 0 bridgehead atoms. The molecule has 2 aliphatic rings. The Morgan fingerprint density at radius 2 is 1.50 bits per heavy atom. The zero-order chi connectivity index (χ0) is 23.6. The molecule has 164 valence electrons. The number of hydrogen-bond acceptors (Lipinski definition) is 4. The highest BCUT2D eigenvalue weighted by Gasteiger charge is 2.30. The summed E-state index contributed by atoms with van der Waals surface area (Å²) in [4.78, 5) is 24.8. The molecule has 0 atom stereocenters. The van der Waals surface area contributed by atoms with E-state index in [4.69, 9.17) is 4.42 Å². The first-order valence-corrected chi connectivity index (χ1v) is 14.7. The quantitative estimate of drug-likeness (QED) is 0.0908. The molecule has 2 N–H and O–H groups in total. The lowest BCUT2D eigenvalue weighted by atomic mass is 9.90. The largest absolute Gasteiger partial charge is 0.506 e. The van der Waals surface area contributed by atoms with Crippen LogP contribution in [-0.4, -0.2) is 16.2 Å². The zero-order valence-electron chi connectivity index (χ0n) is 15.0. The maximum Gasteiger partial charge on any atom is 0.337 e. The number of carboxylic acids is 1. The zero-order valence-corrected chi connectivity index (χ0v) is 27.8. The molecule has 0 fully saturated rings. The summed E-state index contributed by atoms with van der Waals surface area (Å²) < 4.78 is 9.60. The molecule has 12 heteroatoms. The summed E-state index contributed by atoms with van der Waals surface area (Å²) in [5, 5.41) is 21.2. The van der Waals surface area contributed by atoms with Gasteiger partial charge in [-0.25, -0.2) is 4.79 Å². The normalized spacial score (nSPS) is 11.5. The third-order valence-electron chi connectivity index (χ3n) is 4.66. The van der Waals surface area contributed by atoms with Crippen molar-refractivity contribution in [2.45, 2.75) is 0 Å². The maximum absolute atomic E-state index is 12.4. The minimum Gasteiger partial charge on any atom is -0.506 e. The van der Waals surface area contributed by atoms with Gasteiger partial charge in [-0.1, -0.05) is 0 Å². The lowest BCUT2D eigenvalue weighted by Gasteiger charge is -2.21. The number of carboxylic acid groups (broad SMARTS) is 1. The average Bonchev–Trinajstić information content (AvgIpc) is 2.73. The number of phenols is 1. The van der Waals surface area contributed by atoms with Crippen molar-refractivity contribution >= 4 is 148 Å². The standard InChI is InChI=1S/C20H5Br4I3O5/c21-13-11(12(20(30)31)14(22)16(24)15(13)23)10-4-1-6(25)8(28)3-9(4)32-19-5(10)2-7(26)18(29)17(19)27/h1-3,29H,(H,30,31). The van der Waals surface area contributed by atoms with Gasteiger partial charge in [0.05, 0.1) is 16.3 Å². The highest BCUT2D eigenvalue weighted by molar-refractivity contribution is 14.1. The molecule has 0 radical (unpaired) electrons. The summed E-state index contributed by atoms with van der Waals surface area (Å²) in [6.45, 7) is 0. The molecular formula is C20H5Br4I3O5. The van der Waals surface area contributed by atoms with E-state index in [2.05, 4.69) is 63.7 Å². The Kier molecular flexibility index (Phi) is 7.61. The van der Waals surface area contributed by atoms with Crippen molar-refractivity contribution in [2.75, 3.05) is 0 Å². The maximum atomic E-state index is 12.4. The number of phenolic OH excluding ortho intramolecular Hbond substituents is 1. The molecule has 0 spiro atoms. The van der Waals surface area contributed by atoms with Gasteiger partial charge in [0.2, 0.25) is 0 Å². The smallest absolute Gasteiger partial charge is 0.337 e. The van der Waals surface area contributed by atoms with Crippen molar-refractivity contribution in [3.05, 3.63) is 62.6 Å². The number of hydrogen-bond donors (Lipinski definition) is 2. The van der Waals surface area contributed by atoms with Gasteiger partial charge < -0.3 is 14.6 Å². The van der Waals surface area contributed by atoms with Crippen molar-refractivity contribution in [3.63, 3.8) is 0 Å². The second-order valence-corrected chi connectivity index (χ2v) is 13.0. The van der Waals surface area contributed by atoms with Crippen molar-refractivity contribution in [3.8, 4) is 28.2 Å². The third-order valence-corrected chi connectivity index (χ3v) is 12.1. The Hall–Kier alpha value is 0.510. The van der Waals surface area contributed by atoms with E-state index in [1.165, 1.54) is 6.07 Å². The van der Waals surface area contributed by atoms with Crippen molar-refractivity contribution < 1.29 is 19.4 Å². The molecule has 1 heterocycles. The van der Waals surface area contributed by atoms with Crippen molar-refractivity contribution in [1.29, 1.82) is 0 Å². The lowest BCUT2D eigenvalue weighted by Crippen LogP contribution is -2.08. The Bertz CT molecular complexity index is 1520. The number of benzene rings is 3. The first kappa shape index (κ1) is 25.6. The van der Waals surface area contributed by atoms with Gasteiger partial charge >= 0.3 is 5.97 Å². The predicted molar refractivity (Wildman–Crippen MR) is 162 cm³/mol. The molecule has 2 aromatic rings. The van der Waals surface area contributed by atoms with E-state index in [0.29, 0.717) is 56.3 Å². The van der Waals surface area contributed by atoms with Crippen LogP contribution in [-0.2, 0) is 0 Å². The van der Waals surface area contributed by atoms with Crippen LogP contribution in [0.5, 0.6) is 5.75 Å². The molecule has 1 aliphatic carbocycles. The van der Waals surface area contributed by atoms with Gasteiger partial charge in [0.1, 0.15) is 11.5 Å². The molecular weight excluding hydrogens is 1020 g/mol. The first-order valence-electron chi connectivity index (χ1n) is 8.32. The van der Waals surface area contributed by atoms with E-state index < -0.39 is 5.97 Å². The van der Waals surface area contributed by atoms with Gasteiger partial charge in [-0.2, -0.15) is 0 Å². The molecule has 0 amide bonds. The van der Waals surface area contributed by atoms with E-state index in [9.17, 15) is 19.8 Å². The summed E-state index contributed by atoms with van der Waals surface area (Å²) in [5.41, 5.74) is 1.70. The van der Waals surface area contributed by atoms with E-state index >= 15 is 0 Å². The van der Waals surface area contributed by atoms with Gasteiger partial charge in [0.15, 0.2) is 11.0 Å². The minimum absolute atomic E-state index is 0.0278. The fourth-order valence-electron chi connectivity index (χ4n) is 3.28. The van der Waals surface area contributed by atoms with Crippen LogP contribution in [0.15, 0.2) is 45.3 Å². The Morgan fingerprint density at radius 3 is 2.12 bits per heavy atom. The Balaban J connectivity index is 2.40. The van der Waals surface area contributed by atoms with Gasteiger partial charge in [0, 0.05) is 46.0 Å². The van der Waals surface area contributed by atoms with Gasteiger partial charge in [0.25, 0.3) is 0 Å². The van der Waals surface area contributed by atoms with Crippen LogP contribution in [0.4, 0.5) is 0 Å². The van der Waals surface area contributed by atoms with Crippen LogP contribution in [0.3, 0.4) is 0 Å². The summed E-state index contributed by atoms with van der Waals surface area (Å²) in [6, 6.07) is 4.80. The van der Waals surface area contributed by atoms with E-state index in [0.717, 1.165) is 0 Å². The van der Waals surface area contributed by atoms with Crippen LogP contribution in [0.1, 0.15) is 10.4 Å². The Labute approximate surface area is 255 Å². The third kappa shape index (κ3) is 4.10. The summed E-state index contributed by atoms with van der Waals surface area (Å²) >= 11 is 19.9. The lowest BCUT2D eigenvalue weighted by molar-refractivity contribution is 0.0696. The van der Waals surface area contributed by atoms with Crippen LogP contribution >= 0.6 is 131 Å². The van der Waals surface area contributed by atoms with Gasteiger partial charge in [-0.3, -0.25) is 4.79 Å². The number of carbonyl (C=O) groups is 1. The molecule has 0 aromatic heterocycles. The van der Waals surface area contributed by atoms with Crippen molar-refractivity contribution in [2.24, 2.45) is 0 Å². The first-order chi connectivity index (χ1) is 15.0. The minimum atomic E-state index is -1.14. The molecule has 0 saturated carbocycles. The number of fused-ring (bicyclic) bond motifs is 2. The van der Waals surface area contributed by atoms with Crippen LogP contribution < -0.4 is 5.43 Å². The topological polar surface area (TPSA) is 87.7 Å². The molecule has 4 rings (SSSR count). The second-order valence-electron chi connectivity index (χ2n) is 6.46. The summed E-state index contributed by atoms with van der Waals surface area (Å²) in [6.07, 6.45) is 0. The van der Waals surface area contributed by atoms with Crippen LogP contribution in [0.25, 0.3) is 33.4 Å². The highest BCUT2D eigenvalue weighted by Crippen LogP contribution is 2.52. The van der Waals surface area contributed by atoms with Gasteiger partial charge in [-0.15, -0.1) is 0 Å². The second kappa shape index (κ2) is 9.52. The van der Waals surface area contributed by atoms with E-state index in [1.54, 1.807) is 12.1 Å². The molecule has 0 saturated heterocycles. The monoisotopic (exact) mass is 1020 g/mol. The molecule has 0 unspecified atom stereocenters. The molecule has 5 nitrogen and oxygen atoms in total.